The van der Waals surface area contributed by atoms with Crippen LogP contribution >= 0.6 is 18.7 Å². The molecule has 2 aromatic carbocycles. The van der Waals surface area contributed by atoms with Crippen LogP contribution in [0.2, 0.25) is 5.02 Å². The lowest BCUT2D eigenvalue weighted by atomic mass is 9.90. The first-order valence-electron chi connectivity index (χ1n) is 13.9. The van der Waals surface area contributed by atoms with Gasteiger partial charge < -0.3 is 20.9 Å². The molecule has 0 aliphatic heterocycles. The topological polar surface area (TPSA) is 92.9 Å². The summed E-state index contributed by atoms with van der Waals surface area (Å²) in [4.78, 5) is 8.91. The Hall–Kier alpha value is -2.47. The second-order valence-corrected chi connectivity index (χ2v) is 15.3. The Bertz CT molecular complexity index is 1390. The number of benzene rings is 2. The maximum absolute atomic E-state index is 13.9. The quantitative estimate of drug-likeness (QED) is 0.174. The molecule has 2 aliphatic carbocycles. The van der Waals surface area contributed by atoms with Crippen molar-refractivity contribution in [1.29, 1.82) is 0 Å². The molecule has 0 saturated heterocycles. The first-order chi connectivity index (χ1) is 18.6. The van der Waals surface area contributed by atoms with Gasteiger partial charge in [-0.15, -0.1) is 0 Å². The fourth-order valence-corrected chi connectivity index (χ4v) is 6.94. The van der Waals surface area contributed by atoms with Crippen LogP contribution in [-0.4, -0.2) is 29.8 Å². The zero-order valence-electron chi connectivity index (χ0n) is 22.8. The standard InChI is InChI=1S/C30H38ClFN5OP/c1-39(2,38)27-17-23(32)10-12-26(27)36-28-25(31)18-34-29(37-28)35-24-11-9-21-7-5-20(6-8-22(21)16-24)4-3-13-30(19-33)14-15-30/h9-12,16-18,20H,3-8,13-15,19,33H2,1-2H3,(H2,34,35,36,37)/t20-/m0/s1. The first kappa shape index (κ1) is 28.1. The van der Waals surface area contributed by atoms with Gasteiger partial charge in [0, 0.05) is 11.0 Å². The van der Waals surface area contributed by atoms with Gasteiger partial charge in [-0.25, -0.2) is 9.37 Å². The van der Waals surface area contributed by atoms with Gasteiger partial charge in [-0.05, 0) is 118 Å². The van der Waals surface area contributed by atoms with E-state index < -0.39 is 13.0 Å². The predicted molar refractivity (Wildman–Crippen MR) is 160 cm³/mol. The van der Waals surface area contributed by atoms with Crippen LogP contribution in [0.1, 0.15) is 56.1 Å². The van der Waals surface area contributed by atoms with Gasteiger partial charge in [0.05, 0.1) is 11.9 Å². The second kappa shape index (κ2) is 11.6. The van der Waals surface area contributed by atoms with Crippen molar-refractivity contribution in [2.45, 2.75) is 57.8 Å². The molecular weight excluding hydrogens is 532 g/mol. The Morgan fingerprint density at radius 1 is 1.10 bits per heavy atom. The minimum Gasteiger partial charge on any atom is -0.338 e. The van der Waals surface area contributed by atoms with E-state index in [-0.39, 0.29) is 0 Å². The lowest BCUT2D eigenvalue weighted by molar-refractivity contribution is 0.373. The summed E-state index contributed by atoms with van der Waals surface area (Å²) < 4.78 is 26.6. The van der Waals surface area contributed by atoms with E-state index in [1.807, 2.05) is 0 Å². The number of aromatic nitrogens is 2. The van der Waals surface area contributed by atoms with Crippen LogP contribution in [0.4, 0.5) is 27.5 Å². The lowest BCUT2D eigenvalue weighted by Gasteiger charge is -2.16. The molecular formula is C30H38ClFN5OP. The van der Waals surface area contributed by atoms with E-state index in [9.17, 15) is 8.96 Å². The van der Waals surface area contributed by atoms with Crippen molar-refractivity contribution in [2.75, 3.05) is 30.5 Å². The van der Waals surface area contributed by atoms with Gasteiger partial charge in [0.15, 0.2) is 5.82 Å². The summed E-state index contributed by atoms with van der Waals surface area (Å²) in [5.41, 5.74) is 10.7. The van der Waals surface area contributed by atoms with Crippen molar-refractivity contribution in [1.82, 2.24) is 9.97 Å². The van der Waals surface area contributed by atoms with E-state index in [4.69, 9.17) is 17.3 Å². The molecule has 9 heteroatoms. The maximum Gasteiger partial charge on any atom is 0.229 e. The van der Waals surface area contributed by atoms with E-state index in [0.717, 1.165) is 31.0 Å². The number of nitrogens with one attached hydrogen (secondary N) is 2. The van der Waals surface area contributed by atoms with Crippen molar-refractivity contribution in [3.63, 3.8) is 0 Å². The highest BCUT2D eigenvalue weighted by Gasteiger charge is 2.40. The summed E-state index contributed by atoms with van der Waals surface area (Å²) in [6.45, 7) is 4.06. The highest BCUT2D eigenvalue weighted by molar-refractivity contribution is 7.70. The van der Waals surface area contributed by atoms with Gasteiger partial charge in [0.2, 0.25) is 5.95 Å². The monoisotopic (exact) mass is 569 g/mol. The van der Waals surface area contributed by atoms with E-state index in [1.54, 1.807) is 19.4 Å². The normalized spacial score (nSPS) is 18.2. The zero-order chi connectivity index (χ0) is 27.6. The number of fused-ring (bicyclic) bond motifs is 1. The Morgan fingerprint density at radius 2 is 1.87 bits per heavy atom. The number of hydrogen-bond donors (Lipinski definition) is 3. The predicted octanol–water partition coefficient (Wildman–Crippen LogP) is 7.41. The summed E-state index contributed by atoms with van der Waals surface area (Å²) in [5, 5.41) is 7.15. The highest BCUT2D eigenvalue weighted by Crippen LogP contribution is 2.49. The van der Waals surface area contributed by atoms with Crippen molar-refractivity contribution in [3.05, 3.63) is 64.6 Å². The summed E-state index contributed by atoms with van der Waals surface area (Å²) in [7, 11) is -2.74. The molecule has 1 fully saturated rings. The van der Waals surface area contributed by atoms with Gasteiger partial charge >= 0.3 is 0 Å². The van der Waals surface area contributed by atoms with Crippen molar-refractivity contribution >= 4 is 47.2 Å². The summed E-state index contributed by atoms with van der Waals surface area (Å²) in [5.74, 6) is 1.08. The van der Waals surface area contributed by atoms with E-state index in [0.29, 0.717) is 33.2 Å². The molecule has 0 unspecified atom stereocenters. The number of hydrogen-bond acceptors (Lipinski definition) is 6. The average molecular weight is 570 g/mol. The molecule has 1 aromatic heterocycles. The molecule has 0 amide bonds. The van der Waals surface area contributed by atoms with E-state index in [1.165, 1.54) is 74.4 Å². The van der Waals surface area contributed by atoms with Crippen LogP contribution in [-0.2, 0) is 17.4 Å². The van der Waals surface area contributed by atoms with Crippen molar-refractivity contribution in [2.24, 2.45) is 17.1 Å². The van der Waals surface area contributed by atoms with E-state index >= 15 is 0 Å². The van der Waals surface area contributed by atoms with Crippen LogP contribution in [0.3, 0.4) is 0 Å². The minimum absolute atomic E-state index is 0.310. The number of nitrogens with zero attached hydrogens (tertiary/aromatic N) is 2. The Kier molecular flexibility index (Phi) is 8.32. The summed E-state index contributed by atoms with van der Waals surface area (Å²) in [6.07, 6.45) is 12.7. The smallest absolute Gasteiger partial charge is 0.229 e. The SMILES string of the molecule is CP(C)(=O)c1cc(F)ccc1Nc1nc(Nc2ccc3c(c2)CC[C@@H](CCCC2(CN)CC2)CC3)ncc1Cl. The third-order valence-electron chi connectivity index (χ3n) is 8.35. The van der Waals surface area contributed by atoms with Gasteiger partial charge in [0.1, 0.15) is 18.0 Å². The average Bonchev–Trinajstić information content (AvgIpc) is 3.71. The van der Waals surface area contributed by atoms with Gasteiger partial charge in [-0.3, -0.25) is 0 Å². The van der Waals surface area contributed by atoms with Crippen LogP contribution in [0.5, 0.6) is 0 Å². The fraction of sp³-hybridized carbons (Fsp3) is 0.467. The molecule has 0 bridgehead atoms. The third kappa shape index (κ3) is 7.00. The lowest BCUT2D eigenvalue weighted by Crippen LogP contribution is -2.15. The fourth-order valence-electron chi connectivity index (χ4n) is 5.66. The summed E-state index contributed by atoms with van der Waals surface area (Å²) >= 11 is 6.38. The molecule has 1 saturated carbocycles. The molecule has 1 heterocycles. The molecule has 3 aromatic rings. The first-order valence-corrected chi connectivity index (χ1v) is 16.9. The number of halogens is 2. The molecule has 4 N–H and O–H groups in total. The Balaban J connectivity index is 1.25. The molecule has 208 valence electrons. The van der Waals surface area contributed by atoms with Gasteiger partial charge in [-0.1, -0.05) is 30.5 Å². The zero-order valence-corrected chi connectivity index (χ0v) is 24.4. The second-order valence-electron chi connectivity index (χ2n) is 11.7. The maximum atomic E-state index is 13.9. The molecule has 5 rings (SSSR count). The van der Waals surface area contributed by atoms with Crippen molar-refractivity contribution < 1.29 is 8.96 Å². The van der Waals surface area contributed by atoms with Gasteiger partial charge in [0.25, 0.3) is 0 Å². The van der Waals surface area contributed by atoms with Crippen LogP contribution < -0.4 is 21.7 Å². The Labute approximate surface area is 235 Å². The van der Waals surface area contributed by atoms with Crippen LogP contribution in [0.25, 0.3) is 0 Å². The van der Waals surface area contributed by atoms with E-state index in [2.05, 4.69) is 38.8 Å². The third-order valence-corrected chi connectivity index (χ3v) is 10.2. The summed E-state index contributed by atoms with van der Waals surface area (Å²) in [6, 6.07) is 10.7. The van der Waals surface area contributed by atoms with Crippen molar-refractivity contribution in [3.8, 4) is 0 Å². The Morgan fingerprint density at radius 3 is 2.59 bits per heavy atom. The highest BCUT2D eigenvalue weighted by atomic mass is 35.5. The van der Waals surface area contributed by atoms with Crippen LogP contribution in [0, 0.1) is 17.2 Å². The molecule has 0 spiro atoms. The minimum atomic E-state index is -2.74. The number of nitrogens with two attached hydrogens (primary N) is 1. The molecule has 2 aliphatic rings. The molecule has 1 atom stereocenters. The van der Waals surface area contributed by atoms with Gasteiger partial charge in [-0.2, -0.15) is 4.98 Å². The number of anilines is 4. The number of rotatable bonds is 10. The molecule has 0 radical (unpaired) electrons. The van der Waals surface area contributed by atoms with Crippen LogP contribution in [0.15, 0.2) is 42.6 Å². The largest absolute Gasteiger partial charge is 0.338 e. The molecule has 39 heavy (non-hydrogen) atoms. The number of aryl methyl sites for hydroxylation is 2. The molecule has 6 nitrogen and oxygen atoms in total.